The lowest BCUT2D eigenvalue weighted by Gasteiger charge is -2.29. The van der Waals surface area contributed by atoms with Gasteiger partial charge in [-0.1, -0.05) is 32.9 Å². The summed E-state index contributed by atoms with van der Waals surface area (Å²) in [6.45, 7) is 8.32. The Morgan fingerprint density at radius 1 is 1.13 bits per heavy atom. The smallest absolute Gasteiger partial charge is 0.207 e. The molecule has 0 saturated heterocycles. The van der Waals surface area contributed by atoms with Crippen molar-refractivity contribution in [2.75, 3.05) is 18.4 Å². The van der Waals surface area contributed by atoms with Crippen LogP contribution >= 0.6 is 0 Å². The summed E-state index contributed by atoms with van der Waals surface area (Å²) in [5.74, 6) is -1.20. The topological polar surface area (TPSA) is 53.2 Å². The average molecular weight is 430 g/mol. The molecule has 3 rings (SSSR count). The lowest BCUT2D eigenvalue weighted by atomic mass is 9.86. The molecule has 0 aromatic heterocycles. The van der Waals surface area contributed by atoms with Crippen molar-refractivity contribution in [2.45, 2.75) is 58.5 Å². The third-order valence-electron chi connectivity index (χ3n) is 5.57. The van der Waals surface area contributed by atoms with Crippen LogP contribution in [-0.4, -0.2) is 25.5 Å². The Morgan fingerprint density at radius 2 is 1.87 bits per heavy atom. The molecule has 2 aromatic carbocycles. The van der Waals surface area contributed by atoms with Gasteiger partial charge >= 0.3 is 0 Å². The quantitative estimate of drug-likeness (QED) is 0.505. The maximum absolute atomic E-state index is 13.5. The van der Waals surface area contributed by atoms with Crippen molar-refractivity contribution in [3.05, 3.63) is 64.7 Å². The Balaban J connectivity index is 1.62. The molecule has 0 fully saturated rings. The molecule has 0 radical (unpaired) electrons. The largest absolute Gasteiger partial charge is 0.385 e. The van der Waals surface area contributed by atoms with Crippen LogP contribution in [0.3, 0.4) is 0 Å². The maximum atomic E-state index is 13.5. The molecule has 2 atom stereocenters. The van der Waals surface area contributed by atoms with Gasteiger partial charge in [-0.3, -0.25) is 4.79 Å². The summed E-state index contributed by atoms with van der Waals surface area (Å²) in [5, 5.41) is 9.88. The van der Waals surface area contributed by atoms with E-state index in [1.54, 1.807) is 0 Å². The van der Waals surface area contributed by atoms with E-state index in [0.29, 0.717) is 31.4 Å². The van der Waals surface area contributed by atoms with E-state index in [9.17, 15) is 13.6 Å². The normalized spacial score (nSPS) is 16.9. The highest BCUT2D eigenvalue weighted by molar-refractivity contribution is 5.56. The first-order chi connectivity index (χ1) is 14.7. The third-order valence-corrected chi connectivity index (χ3v) is 5.57. The van der Waals surface area contributed by atoms with Gasteiger partial charge in [-0.05, 0) is 72.5 Å². The van der Waals surface area contributed by atoms with Crippen molar-refractivity contribution >= 4 is 12.1 Å². The highest BCUT2D eigenvalue weighted by Crippen LogP contribution is 2.32. The van der Waals surface area contributed by atoms with Gasteiger partial charge in [0, 0.05) is 30.4 Å². The Labute approximate surface area is 183 Å². The Kier molecular flexibility index (Phi) is 7.65. The molecule has 4 nitrogen and oxygen atoms in total. The van der Waals surface area contributed by atoms with E-state index >= 15 is 0 Å². The number of carbonyl (C=O) groups excluding carboxylic acids is 1. The van der Waals surface area contributed by atoms with E-state index in [1.807, 2.05) is 0 Å². The van der Waals surface area contributed by atoms with E-state index in [-0.39, 0.29) is 17.5 Å². The second kappa shape index (κ2) is 10.2. The Morgan fingerprint density at radius 3 is 2.55 bits per heavy atom. The monoisotopic (exact) mass is 429 g/mol. The van der Waals surface area contributed by atoms with Crippen molar-refractivity contribution in [3.8, 4) is 0 Å². The fraction of sp³-hybridized carbons (Fsp3) is 0.480. The molecule has 1 heterocycles. The Hall–Kier alpha value is -2.47. The van der Waals surface area contributed by atoms with Gasteiger partial charge in [-0.25, -0.2) is 8.78 Å². The number of nitrogens with one attached hydrogen (secondary N) is 3. The molecule has 0 saturated carbocycles. The number of amides is 1. The van der Waals surface area contributed by atoms with Gasteiger partial charge < -0.3 is 16.0 Å². The number of hydrogen-bond donors (Lipinski definition) is 3. The van der Waals surface area contributed by atoms with Crippen molar-refractivity contribution in [1.82, 2.24) is 10.6 Å². The zero-order valence-electron chi connectivity index (χ0n) is 18.6. The molecule has 168 valence electrons. The molecule has 1 aliphatic heterocycles. The van der Waals surface area contributed by atoms with Crippen LogP contribution in [0.15, 0.2) is 36.4 Å². The van der Waals surface area contributed by atoms with Crippen LogP contribution in [0.4, 0.5) is 14.5 Å². The SMILES string of the molecule is CC(C)(C)Cc1ccc2c(c1)C(NCC[C@H](Cc1cc(F)cc(F)c1)NC=O)CCN2. The lowest BCUT2D eigenvalue weighted by molar-refractivity contribution is -0.110. The van der Waals surface area contributed by atoms with Crippen molar-refractivity contribution in [1.29, 1.82) is 0 Å². The number of carbonyl (C=O) groups is 1. The highest BCUT2D eigenvalue weighted by atomic mass is 19.1. The van der Waals surface area contributed by atoms with Crippen LogP contribution in [0.5, 0.6) is 0 Å². The van der Waals surface area contributed by atoms with Crippen molar-refractivity contribution in [3.63, 3.8) is 0 Å². The standard InChI is InChI=1S/C25H33F2N3O/c1-25(2,3)15-17-4-5-23-22(13-17)24(7-9-29-23)28-8-6-21(30-16-31)12-18-10-19(26)14-20(27)11-18/h4-5,10-11,13-14,16,21,24,28-29H,6-9,12,15H2,1-3H3,(H,30,31)/t21-,24?/m1/s1. The van der Waals surface area contributed by atoms with Gasteiger partial charge in [0.1, 0.15) is 11.6 Å². The summed E-state index contributed by atoms with van der Waals surface area (Å²) in [7, 11) is 0. The van der Waals surface area contributed by atoms with Gasteiger partial charge in [0.15, 0.2) is 0 Å². The van der Waals surface area contributed by atoms with Gasteiger partial charge in [-0.15, -0.1) is 0 Å². The number of benzene rings is 2. The molecule has 0 spiro atoms. The second-order valence-electron chi connectivity index (χ2n) is 9.63. The van der Waals surface area contributed by atoms with Crippen molar-refractivity contribution in [2.24, 2.45) is 5.41 Å². The van der Waals surface area contributed by atoms with Crippen LogP contribution in [0.1, 0.15) is 56.3 Å². The van der Waals surface area contributed by atoms with Gasteiger partial charge in [0.25, 0.3) is 0 Å². The first-order valence-corrected chi connectivity index (χ1v) is 11.0. The summed E-state index contributed by atoms with van der Waals surface area (Å²) in [4.78, 5) is 11.0. The molecular weight excluding hydrogens is 396 g/mol. The molecule has 31 heavy (non-hydrogen) atoms. The number of anilines is 1. The molecule has 0 aliphatic carbocycles. The molecule has 1 aliphatic rings. The fourth-order valence-corrected chi connectivity index (χ4v) is 4.29. The average Bonchev–Trinajstić information content (AvgIpc) is 2.66. The summed E-state index contributed by atoms with van der Waals surface area (Å²) in [6.07, 6.45) is 3.69. The van der Waals surface area contributed by atoms with Crippen molar-refractivity contribution < 1.29 is 13.6 Å². The van der Waals surface area contributed by atoms with Crippen LogP contribution in [0.25, 0.3) is 0 Å². The predicted octanol–water partition coefficient (Wildman–Crippen LogP) is 4.75. The first kappa shape index (κ1) is 23.2. The summed E-state index contributed by atoms with van der Waals surface area (Å²) < 4.78 is 27.0. The van der Waals surface area contributed by atoms with Crippen LogP contribution in [0, 0.1) is 17.0 Å². The summed E-state index contributed by atoms with van der Waals surface area (Å²) in [6, 6.07) is 10.2. The third kappa shape index (κ3) is 7.03. The molecular formula is C25H33F2N3O. The van der Waals surface area contributed by atoms with Crippen LogP contribution < -0.4 is 16.0 Å². The first-order valence-electron chi connectivity index (χ1n) is 11.0. The number of halogens is 2. The maximum Gasteiger partial charge on any atom is 0.207 e. The minimum absolute atomic E-state index is 0.195. The number of fused-ring (bicyclic) bond motifs is 1. The predicted molar refractivity (Wildman–Crippen MR) is 121 cm³/mol. The Bertz CT molecular complexity index is 875. The minimum Gasteiger partial charge on any atom is -0.385 e. The number of hydrogen-bond acceptors (Lipinski definition) is 3. The molecule has 0 bridgehead atoms. The van der Waals surface area contributed by atoms with Gasteiger partial charge in [0.2, 0.25) is 6.41 Å². The zero-order chi connectivity index (χ0) is 22.4. The fourth-order valence-electron chi connectivity index (χ4n) is 4.29. The molecule has 6 heteroatoms. The zero-order valence-corrected chi connectivity index (χ0v) is 18.6. The molecule has 2 aromatic rings. The van der Waals surface area contributed by atoms with Crippen LogP contribution in [-0.2, 0) is 17.6 Å². The lowest BCUT2D eigenvalue weighted by Crippen LogP contribution is -2.35. The highest BCUT2D eigenvalue weighted by Gasteiger charge is 2.21. The molecule has 1 unspecified atom stereocenters. The molecule has 1 amide bonds. The summed E-state index contributed by atoms with van der Waals surface area (Å²) in [5.41, 5.74) is 4.54. The van der Waals surface area contributed by atoms with E-state index in [4.69, 9.17) is 0 Å². The van der Waals surface area contributed by atoms with E-state index in [2.05, 4.69) is 54.9 Å². The summed E-state index contributed by atoms with van der Waals surface area (Å²) >= 11 is 0. The van der Waals surface area contributed by atoms with E-state index in [0.717, 1.165) is 25.5 Å². The van der Waals surface area contributed by atoms with Gasteiger partial charge in [-0.2, -0.15) is 0 Å². The molecule has 3 N–H and O–H groups in total. The second-order valence-corrected chi connectivity index (χ2v) is 9.63. The van der Waals surface area contributed by atoms with Gasteiger partial charge in [0.05, 0.1) is 0 Å². The van der Waals surface area contributed by atoms with E-state index in [1.165, 1.54) is 28.9 Å². The minimum atomic E-state index is -0.602. The number of rotatable bonds is 9. The van der Waals surface area contributed by atoms with Crippen LogP contribution in [0.2, 0.25) is 0 Å². The van der Waals surface area contributed by atoms with E-state index < -0.39 is 11.6 Å².